The second-order valence-corrected chi connectivity index (χ2v) is 4.82. The van der Waals surface area contributed by atoms with Crippen LogP contribution in [0.2, 0.25) is 0 Å². The van der Waals surface area contributed by atoms with Gasteiger partial charge in [0, 0.05) is 29.9 Å². The fraction of sp³-hybridized carbons (Fsp3) is 0.357. The molecule has 2 N–H and O–H groups in total. The van der Waals surface area contributed by atoms with Crippen LogP contribution in [0.3, 0.4) is 0 Å². The van der Waals surface area contributed by atoms with Crippen LogP contribution >= 0.6 is 0 Å². The van der Waals surface area contributed by atoms with Gasteiger partial charge in [-0.15, -0.1) is 0 Å². The highest BCUT2D eigenvalue weighted by atomic mass is 15.1. The number of hydrogen-bond donors (Lipinski definition) is 1. The fourth-order valence-corrected chi connectivity index (χ4v) is 2.53. The summed E-state index contributed by atoms with van der Waals surface area (Å²) in [5.74, 6) is 1.21. The van der Waals surface area contributed by atoms with E-state index < -0.39 is 0 Å². The van der Waals surface area contributed by atoms with Crippen LogP contribution in [0.1, 0.15) is 31.6 Å². The summed E-state index contributed by atoms with van der Waals surface area (Å²) in [6.45, 7) is 2.26. The molecule has 0 saturated carbocycles. The highest BCUT2D eigenvalue weighted by Gasteiger charge is 2.18. The molecule has 0 amide bonds. The van der Waals surface area contributed by atoms with Gasteiger partial charge in [-0.2, -0.15) is 0 Å². The second kappa shape index (κ2) is 3.91. The molecule has 0 bridgehead atoms. The molecule has 1 aromatic carbocycles. The van der Waals surface area contributed by atoms with Crippen molar-refractivity contribution in [2.45, 2.75) is 32.2 Å². The first-order valence-electron chi connectivity index (χ1n) is 6.18. The number of aromatic nitrogens is 2. The summed E-state index contributed by atoms with van der Waals surface area (Å²) >= 11 is 0. The number of fused-ring (bicyclic) bond motifs is 1. The SMILES string of the molecule is C[C@H]1CCCc2nc(-c3cccc(N)c3)cn21. The maximum absolute atomic E-state index is 5.81. The Labute approximate surface area is 101 Å². The molecule has 3 nitrogen and oxygen atoms in total. The van der Waals surface area contributed by atoms with Crippen LogP contribution in [-0.4, -0.2) is 9.55 Å². The van der Waals surface area contributed by atoms with Crippen molar-refractivity contribution in [3.8, 4) is 11.3 Å². The van der Waals surface area contributed by atoms with E-state index in [1.165, 1.54) is 18.7 Å². The Balaban J connectivity index is 2.05. The normalized spacial score (nSPS) is 19.0. The average molecular weight is 227 g/mol. The van der Waals surface area contributed by atoms with Crippen LogP contribution < -0.4 is 5.73 Å². The Morgan fingerprint density at radius 1 is 1.41 bits per heavy atom. The molecule has 2 heterocycles. The fourth-order valence-electron chi connectivity index (χ4n) is 2.53. The molecule has 1 atom stereocenters. The first kappa shape index (κ1) is 10.4. The number of benzene rings is 1. The van der Waals surface area contributed by atoms with E-state index in [-0.39, 0.29) is 0 Å². The van der Waals surface area contributed by atoms with Gasteiger partial charge >= 0.3 is 0 Å². The van der Waals surface area contributed by atoms with Gasteiger partial charge in [0.15, 0.2) is 0 Å². The minimum Gasteiger partial charge on any atom is -0.399 e. The standard InChI is InChI=1S/C14H17N3/c1-10-4-2-7-14-16-13(9-17(10)14)11-5-3-6-12(15)8-11/h3,5-6,8-10H,2,4,7,15H2,1H3/t10-/m0/s1. The molecule has 3 rings (SSSR count). The smallest absolute Gasteiger partial charge is 0.109 e. The number of nitrogen functional groups attached to an aromatic ring is 1. The summed E-state index contributed by atoms with van der Waals surface area (Å²) in [5, 5.41) is 0. The summed E-state index contributed by atoms with van der Waals surface area (Å²) in [4.78, 5) is 4.72. The van der Waals surface area contributed by atoms with E-state index in [4.69, 9.17) is 10.7 Å². The third kappa shape index (κ3) is 1.82. The van der Waals surface area contributed by atoms with Crippen LogP contribution in [-0.2, 0) is 6.42 Å². The molecular formula is C14H17N3. The largest absolute Gasteiger partial charge is 0.399 e. The van der Waals surface area contributed by atoms with Crippen molar-refractivity contribution in [1.82, 2.24) is 9.55 Å². The zero-order chi connectivity index (χ0) is 11.8. The van der Waals surface area contributed by atoms with Gasteiger partial charge in [-0.05, 0) is 31.9 Å². The molecular weight excluding hydrogens is 210 g/mol. The molecule has 0 unspecified atom stereocenters. The lowest BCUT2D eigenvalue weighted by Crippen LogP contribution is -2.14. The van der Waals surface area contributed by atoms with Crippen molar-refractivity contribution < 1.29 is 0 Å². The highest BCUT2D eigenvalue weighted by Crippen LogP contribution is 2.28. The van der Waals surface area contributed by atoms with E-state index in [2.05, 4.69) is 23.8 Å². The van der Waals surface area contributed by atoms with Crippen LogP contribution in [0.25, 0.3) is 11.3 Å². The van der Waals surface area contributed by atoms with Crippen molar-refractivity contribution in [1.29, 1.82) is 0 Å². The number of anilines is 1. The molecule has 1 aliphatic heterocycles. The predicted molar refractivity (Wildman–Crippen MR) is 69.7 cm³/mol. The number of hydrogen-bond acceptors (Lipinski definition) is 2. The van der Waals surface area contributed by atoms with E-state index >= 15 is 0 Å². The summed E-state index contributed by atoms with van der Waals surface area (Å²) in [6, 6.07) is 8.50. The quantitative estimate of drug-likeness (QED) is 0.761. The molecule has 0 saturated heterocycles. The molecule has 1 aromatic heterocycles. The van der Waals surface area contributed by atoms with Crippen molar-refractivity contribution in [3.63, 3.8) is 0 Å². The molecule has 0 aliphatic carbocycles. The topological polar surface area (TPSA) is 43.8 Å². The summed E-state index contributed by atoms with van der Waals surface area (Å²) in [6.07, 6.45) is 5.74. The van der Waals surface area contributed by atoms with Crippen molar-refractivity contribution in [2.75, 3.05) is 5.73 Å². The molecule has 2 aromatic rings. The Morgan fingerprint density at radius 3 is 3.06 bits per heavy atom. The highest BCUT2D eigenvalue weighted by molar-refractivity contribution is 5.63. The first-order valence-corrected chi connectivity index (χ1v) is 6.18. The number of nitrogens with two attached hydrogens (primary N) is 1. The third-order valence-electron chi connectivity index (χ3n) is 3.49. The Morgan fingerprint density at radius 2 is 2.29 bits per heavy atom. The number of imidazole rings is 1. The zero-order valence-electron chi connectivity index (χ0n) is 10.1. The lowest BCUT2D eigenvalue weighted by Gasteiger charge is -2.20. The van der Waals surface area contributed by atoms with Gasteiger partial charge < -0.3 is 10.3 Å². The van der Waals surface area contributed by atoms with Gasteiger partial charge in [0.2, 0.25) is 0 Å². The van der Waals surface area contributed by atoms with E-state index in [0.29, 0.717) is 6.04 Å². The van der Waals surface area contributed by atoms with Crippen LogP contribution in [0.4, 0.5) is 5.69 Å². The Bertz CT molecular complexity index is 542. The maximum atomic E-state index is 5.81. The van der Waals surface area contributed by atoms with Gasteiger partial charge in [0.05, 0.1) is 5.69 Å². The maximum Gasteiger partial charge on any atom is 0.109 e. The molecule has 0 radical (unpaired) electrons. The average Bonchev–Trinajstić information content (AvgIpc) is 2.74. The molecule has 1 aliphatic rings. The van der Waals surface area contributed by atoms with Gasteiger partial charge in [0.1, 0.15) is 5.82 Å². The summed E-state index contributed by atoms with van der Waals surface area (Å²) < 4.78 is 2.31. The minimum absolute atomic E-state index is 0.570. The number of nitrogens with zero attached hydrogens (tertiary/aromatic N) is 2. The van der Waals surface area contributed by atoms with E-state index in [1.54, 1.807) is 0 Å². The van der Waals surface area contributed by atoms with E-state index in [0.717, 1.165) is 23.4 Å². The van der Waals surface area contributed by atoms with Crippen LogP contribution in [0.5, 0.6) is 0 Å². The predicted octanol–water partition coefficient (Wildman–Crippen LogP) is 3.03. The molecule has 0 fully saturated rings. The molecule has 17 heavy (non-hydrogen) atoms. The summed E-state index contributed by atoms with van der Waals surface area (Å²) in [5.41, 5.74) is 8.76. The second-order valence-electron chi connectivity index (χ2n) is 4.82. The van der Waals surface area contributed by atoms with E-state index in [9.17, 15) is 0 Å². The van der Waals surface area contributed by atoms with Gasteiger partial charge in [-0.25, -0.2) is 4.98 Å². The van der Waals surface area contributed by atoms with Gasteiger partial charge in [0.25, 0.3) is 0 Å². The molecule has 3 heteroatoms. The lowest BCUT2D eigenvalue weighted by atomic mass is 10.1. The minimum atomic E-state index is 0.570. The van der Waals surface area contributed by atoms with Crippen molar-refractivity contribution in [3.05, 3.63) is 36.3 Å². The Kier molecular flexibility index (Phi) is 2.39. The van der Waals surface area contributed by atoms with Crippen LogP contribution in [0, 0.1) is 0 Å². The zero-order valence-corrected chi connectivity index (χ0v) is 10.1. The number of rotatable bonds is 1. The Hall–Kier alpha value is -1.77. The lowest BCUT2D eigenvalue weighted by molar-refractivity contribution is 0.426. The van der Waals surface area contributed by atoms with Crippen molar-refractivity contribution >= 4 is 5.69 Å². The van der Waals surface area contributed by atoms with Gasteiger partial charge in [-0.1, -0.05) is 12.1 Å². The molecule has 0 spiro atoms. The third-order valence-corrected chi connectivity index (χ3v) is 3.49. The van der Waals surface area contributed by atoms with Gasteiger partial charge in [-0.3, -0.25) is 0 Å². The number of aryl methyl sites for hydroxylation is 1. The molecule has 88 valence electrons. The van der Waals surface area contributed by atoms with Crippen molar-refractivity contribution in [2.24, 2.45) is 0 Å². The van der Waals surface area contributed by atoms with Crippen LogP contribution in [0.15, 0.2) is 30.5 Å². The monoisotopic (exact) mass is 227 g/mol. The summed E-state index contributed by atoms with van der Waals surface area (Å²) in [7, 11) is 0. The van der Waals surface area contributed by atoms with E-state index in [1.807, 2.05) is 18.2 Å². The first-order chi connectivity index (χ1) is 8.24.